The minimum atomic E-state index is -0.412. The lowest BCUT2D eigenvalue weighted by atomic mass is 10.1. The van der Waals surface area contributed by atoms with Gasteiger partial charge in [-0.05, 0) is 24.1 Å². The summed E-state index contributed by atoms with van der Waals surface area (Å²) in [7, 11) is 1.32. The van der Waals surface area contributed by atoms with Gasteiger partial charge in [0.1, 0.15) is 0 Å². The Morgan fingerprint density at radius 1 is 0.900 bits per heavy atom. The number of esters is 1. The van der Waals surface area contributed by atoms with Crippen molar-refractivity contribution in [1.82, 2.24) is 10.7 Å². The Labute approximate surface area is 179 Å². The summed E-state index contributed by atoms with van der Waals surface area (Å²) in [6.45, 7) is 2.12. The van der Waals surface area contributed by atoms with Crippen LogP contribution < -0.4 is 10.7 Å². The lowest BCUT2D eigenvalue weighted by Crippen LogP contribution is -2.34. The number of benzene rings is 1. The normalized spacial score (nSPS) is 10.7. The minimum Gasteiger partial charge on any atom is -0.465 e. The van der Waals surface area contributed by atoms with E-state index in [0.717, 1.165) is 24.8 Å². The standard InChI is InChI=1S/C23H35N3O4/c1-3-4-5-6-7-8-9-10-11-12-21(27)24-18-22(28)26-25-17-19-13-15-20(16-14-19)23(29)30-2/h13-17H,3-12,18H2,1-2H3,(H,24,27)(H,26,28). The summed E-state index contributed by atoms with van der Waals surface area (Å²) in [6.07, 6.45) is 12.7. The molecule has 7 nitrogen and oxygen atoms in total. The molecule has 0 aliphatic rings. The van der Waals surface area contributed by atoms with Crippen LogP contribution in [0, 0.1) is 0 Å². The fourth-order valence-corrected chi connectivity index (χ4v) is 2.90. The zero-order valence-electron chi connectivity index (χ0n) is 18.2. The highest BCUT2D eigenvalue weighted by Gasteiger charge is 2.05. The van der Waals surface area contributed by atoms with Crippen molar-refractivity contribution < 1.29 is 19.1 Å². The van der Waals surface area contributed by atoms with Crippen LogP contribution in [0.4, 0.5) is 0 Å². The van der Waals surface area contributed by atoms with Crippen LogP contribution >= 0.6 is 0 Å². The summed E-state index contributed by atoms with van der Waals surface area (Å²) in [5.41, 5.74) is 3.52. The van der Waals surface area contributed by atoms with E-state index in [1.54, 1.807) is 24.3 Å². The maximum absolute atomic E-state index is 11.8. The minimum absolute atomic E-state index is 0.102. The Bertz CT molecular complexity index is 672. The zero-order valence-corrected chi connectivity index (χ0v) is 18.2. The van der Waals surface area contributed by atoms with E-state index in [9.17, 15) is 14.4 Å². The number of ether oxygens (including phenoxy) is 1. The fraction of sp³-hybridized carbons (Fsp3) is 0.565. The smallest absolute Gasteiger partial charge is 0.337 e. The number of unbranched alkanes of at least 4 members (excludes halogenated alkanes) is 8. The molecule has 0 saturated heterocycles. The first-order valence-electron chi connectivity index (χ1n) is 10.8. The molecular formula is C23H35N3O4. The van der Waals surface area contributed by atoms with Crippen molar-refractivity contribution in [3.05, 3.63) is 35.4 Å². The number of methoxy groups -OCH3 is 1. The van der Waals surface area contributed by atoms with Crippen molar-refractivity contribution in [3.8, 4) is 0 Å². The number of hydrogen-bond acceptors (Lipinski definition) is 5. The Morgan fingerprint density at radius 3 is 2.10 bits per heavy atom. The van der Waals surface area contributed by atoms with E-state index >= 15 is 0 Å². The van der Waals surface area contributed by atoms with Gasteiger partial charge in [0.2, 0.25) is 5.91 Å². The summed E-state index contributed by atoms with van der Waals surface area (Å²) < 4.78 is 4.63. The molecule has 0 spiro atoms. The number of carbonyl (C=O) groups is 3. The van der Waals surface area contributed by atoms with Gasteiger partial charge < -0.3 is 10.1 Å². The van der Waals surface area contributed by atoms with Gasteiger partial charge >= 0.3 is 5.97 Å². The summed E-state index contributed by atoms with van der Waals surface area (Å²) in [5, 5.41) is 6.45. The number of amides is 2. The quantitative estimate of drug-likeness (QED) is 0.195. The third-order valence-corrected chi connectivity index (χ3v) is 4.69. The van der Waals surface area contributed by atoms with Gasteiger partial charge in [-0.3, -0.25) is 9.59 Å². The Morgan fingerprint density at radius 2 is 1.50 bits per heavy atom. The first kappa shape index (κ1) is 25.3. The Kier molecular flexibility index (Phi) is 13.6. The van der Waals surface area contributed by atoms with E-state index in [1.165, 1.54) is 51.8 Å². The first-order chi connectivity index (χ1) is 14.6. The average molecular weight is 418 g/mol. The number of hydrazone groups is 1. The van der Waals surface area contributed by atoms with E-state index in [2.05, 4.69) is 27.5 Å². The third-order valence-electron chi connectivity index (χ3n) is 4.69. The number of nitrogens with one attached hydrogen (secondary N) is 2. The van der Waals surface area contributed by atoms with Crippen LogP contribution in [0.3, 0.4) is 0 Å². The average Bonchev–Trinajstić information content (AvgIpc) is 2.76. The van der Waals surface area contributed by atoms with Crippen molar-refractivity contribution in [2.24, 2.45) is 5.10 Å². The van der Waals surface area contributed by atoms with Crippen LogP contribution in [0.1, 0.15) is 87.1 Å². The molecule has 0 radical (unpaired) electrons. The largest absolute Gasteiger partial charge is 0.465 e. The molecular weight excluding hydrogens is 382 g/mol. The van der Waals surface area contributed by atoms with Crippen molar-refractivity contribution in [2.45, 2.75) is 71.1 Å². The van der Waals surface area contributed by atoms with Crippen LogP contribution in [0.2, 0.25) is 0 Å². The molecule has 2 N–H and O–H groups in total. The molecule has 0 aromatic heterocycles. The maximum atomic E-state index is 11.8. The van der Waals surface area contributed by atoms with Gasteiger partial charge in [-0.1, -0.05) is 70.4 Å². The van der Waals surface area contributed by atoms with Gasteiger partial charge in [-0.25, -0.2) is 10.2 Å². The second kappa shape index (κ2) is 16.1. The molecule has 2 amide bonds. The van der Waals surface area contributed by atoms with Crippen molar-refractivity contribution in [2.75, 3.05) is 13.7 Å². The Hall–Kier alpha value is -2.70. The first-order valence-corrected chi connectivity index (χ1v) is 10.8. The van der Waals surface area contributed by atoms with E-state index in [-0.39, 0.29) is 12.5 Å². The fourth-order valence-electron chi connectivity index (χ4n) is 2.90. The molecule has 0 unspecified atom stereocenters. The molecule has 166 valence electrons. The molecule has 0 bridgehead atoms. The molecule has 1 rings (SSSR count). The summed E-state index contributed by atoms with van der Waals surface area (Å²) >= 11 is 0. The predicted molar refractivity (Wildman–Crippen MR) is 118 cm³/mol. The van der Waals surface area contributed by atoms with E-state index in [1.807, 2.05) is 0 Å². The summed E-state index contributed by atoms with van der Waals surface area (Å²) in [5.74, 6) is -0.918. The van der Waals surface area contributed by atoms with Crippen LogP contribution in [-0.4, -0.2) is 37.7 Å². The van der Waals surface area contributed by atoms with Gasteiger partial charge in [-0.15, -0.1) is 0 Å². The van der Waals surface area contributed by atoms with Crippen LogP contribution in [-0.2, 0) is 14.3 Å². The van der Waals surface area contributed by atoms with Gasteiger partial charge in [0.15, 0.2) is 0 Å². The van der Waals surface area contributed by atoms with Gasteiger partial charge in [-0.2, -0.15) is 5.10 Å². The lowest BCUT2D eigenvalue weighted by Gasteiger charge is -2.05. The second-order valence-corrected chi connectivity index (χ2v) is 7.26. The summed E-state index contributed by atoms with van der Waals surface area (Å²) in [6, 6.07) is 6.60. The highest BCUT2D eigenvalue weighted by Crippen LogP contribution is 2.10. The van der Waals surface area contributed by atoms with Crippen LogP contribution in [0.25, 0.3) is 0 Å². The van der Waals surface area contributed by atoms with Crippen molar-refractivity contribution in [3.63, 3.8) is 0 Å². The topological polar surface area (TPSA) is 96.9 Å². The SMILES string of the molecule is CCCCCCCCCCCC(=O)NCC(=O)NN=Cc1ccc(C(=O)OC)cc1. The molecule has 0 aliphatic carbocycles. The van der Waals surface area contributed by atoms with E-state index in [4.69, 9.17) is 0 Å². The van der Waals surface area contributed by atoms with E-state index in [0.29, 0.717) is 12.0 Å². The van der Waals surface area contributed by atoms with Crippen LogP contribution in [0.15, 0.2) is 29.4 Å². The third kappa shape index (κ3) is 12.0. The molecule has 1 aromatic rings. The molecule has 0 aliphatic heterocycles. The molecule has 0 saturated carbocycles. The van der Waals surface area contributed by atoms with Crippen molar-refractivity contribution >= 4 is 24.0 Å². The van der Waals surface area contributed by atoms with Crippen molar-refractivity contribution in [1.29, 1.82) is 0 Å². The molecule has 1 aromatic carbocycles. The zero-order chi connectivity index (χ0) is 22.0. The lowest BCUT2D eigenvalue weighted by molar-refractivity contribution is -0.126. The molecule has 0 heterocycles. The van der Waals surface area contributed by atoms with Crippen LogP contribution in [0.5, 0.6) is 0 Å². The highest BCUT2D eigenvalue weighted by atomic mass is 16.5. The molecule has 7 heteroatoms. The number of carbonyl (C=O) groups excluding carboxylic acids is 3. The Balaban J connectivity index is 2.09. The van der Waals surface area contributed by atoms with Gasteiger partial charge in [0, 0.05) is 6.42 Å². The highest BCUT2D eigenvalue weighted by molar-refractivity contribution is 5.91. The second-order valence-electron chi connectivity index (χ2n) is 7.26. The summed E-state index contributed by atoms with van der Waals surface area (Å²) in [4.78, 5) is 34.9. The molecule has 30 heavy (non-hydrogen) atoms. The predicted octanol–water partition coefficient (Wildman–Crippen LogP) is 3.96. The number of nitrogens with zero attached hydrogens (tertiary/aromatic N) is 1. The van der Waals surface area contributed by atoms with E-state index < -0.39 is 11.9 Å². The van der Waals surface area contributed by atoms with Gasteiger partial charge in [0.05, 0.1) is 25.4 Å². The monoisotopic (exact) mass is 417 g/mol. The number of rotatable bonds is 15. The molecule has 0 fully saturated rings. The molecule has 0 atom stereocenters. The maximum Gasteiger partial charge on any atom is 0.337 e. The number of hydrogen-bond donors (Lipinski definition) is 2. The van der Waals surface area contributed by atoms with Gasteiger partial charge in [0.25, 0.3) is 5.91 Å².